The molecule has 0 radical (unpaired) electrons. The molecule has 2 rings (SSSR count). The van der Waals surface area contributed by atoms with Gasteiger partial charge in [0.1, 0.15) is 0 Å². The second kappa shape index (κ2) is 8.37. The quantitative estimate of drug-likeness (QED) is 0.423. The Morgan fingerprint density at radius 3 is 2.15 bits per heavy atom. The van der Waals surface area contributed by atoms with Crippen molar-refractivity contribution in [3.05, 3.63) is 72.3 Å². The third kappa shape index (κ3) is 4.70. The summed E-state index contributed by atoms with van der Waals surface area (Å²) in [4.78, 5) is 0. The van der Waals surface area contributed by atoms with Gasteiger partial charge in [0, 0.05) is 0 Å². The van der Waals surface area contributed by atoms with Gasteiger partial charge in [-0.15, -0.1) is 0 Å². The zero-order valence-corrected chi connectivity index (χ0v) is 12.4. The van der Waals surface area contributed by atoms with E-state index in [4.69, 9.17) is 0 Å². The standard InChI is InChI=1S/C20H24/c1-2-3-4-5-6-8-11-18-14-16-20(17-15-18)19-12-9-7-10-13-19/h3-4,7,9-10,12-17H,2,5-6,8,11H2,1H3/b4-3+. The molecule has 2 aromatic carbocycles. The fourth-order valence-corrected chi connectivity index (χ4v) is 2.37. The number of unbranched alkanes of at least 4 members (excludes halogenated alkanes) is 2. The minimum atomic E-state index is 1.15. The highest BCUT2D eigenvalue weighted by atomic mass is 14.0. The van der Waals surface area contributed by atoms with Crippen LogP contribution in [-0.2, 0) is 6.42 Å². The van der Waals surface area contributed by atoms with E-state index in [-0.39, 0.29) is 0 Å². The molecular formula is C20H24. The van der Waals surface area contributed by atoms with Gasteiger partial charge in [0.15, 0.2) is 0 Å². The predicted octanol–water partition coefficient (Wildman–Crippen LogP) is 6.03. The van der Waals surface area contributed by atoms with Crippen LogP contribution in [0.3, 0.4) is 0 Å². The Morgan fingerprint density at radius 2 is 1.45 bits per heavy atom. The monoisotopic (exact) mass is 264 g/mol. The fourth-order valence-electron chi connectivity index (χ4n) is 2.37. The summed E-state index contributed by atoms with van der Waals surface area (Å²) >= 11 is 0. The van der Waals surface area contributed by atoms with Crippen molar-refractivity contribution < 1.29 is 0 Å². The van der Waals surface area contributed by atoms with Crippen molar-refractivity contribution in [1.29, 1.82) is 0 Å². The van der Waals surface area contributed by atoms with Crippen molar-refractivity contribution in [2.75, 3.05) is 0 Å². The molecule has 0 fully saturated rings. The van der Waals surface area contributed by atoms with Crippen molar-refractivity contribution in [2.45, 2.75) is 39.0 Å². The first-order valence-electron chi connectivity index (χ1n) is 7.69. The summed E-state index contributed by atoms with van der Waals surface area (Å²) in [5.41, 5.74) is 4.05. The van der Waals surface area contributed by atoms with E-state index in [0.29, 0.717) is 0 Å². The van der Waals surface area contributed by atoms with E-state index in [1.807, 2.05) is 0 Å². The molecule has 0 saturated carbocycles. The van der Waals surface area contributed by atoms with Crippen LogP contribution >= 0.6 is 0 Å². The SMILES string of the molecule is CC/C=C/CCCCc1ccc(-c2ccccc2)cc1. The summed E-state index contributed by atoms with van der Waals surface area (Å²) < 4.78 is 0. The van der Waals surface area contributed by atoms with E-state index in [0.717, 1.165) is 6.42 Å². The van der Waals surface area contributed by atoms with Crippen LogP contribution in [0.4, 0.5) is 0 Å². The van der Waals surface area contributed by atoms with E-state index in [1.54, 1.807) is 0 Å². The topological polar surface area (TPSA) is 0 Å². The molecule has 0 bridgehead atoms. The zero-order valence-electron chi connectivity index (χ0n) is 12.4. The number of benzene rings is 2. The van der Waals surface area contributed by atoms with Gasteiger partial charge in [-0.1, -0.05) is 73.7 Å². The molecule has 0 unspecified atom stereocenters. The van der Waals surface area contributed by atoms with Gasteiger partial charge in [-0.2, -0.15) is 0 Å². The van der Waals surface area contributed by atoms with E-state index in [1.165, 1.54) is 42.4 Å². The summed E-state index contributed by atoms with van der Waals surface area (Å²) in [6, 6.07) is 19.6. The molecule has 0 aliphatic carbocycles. The number of allylic oxidation sites excluding steroid dienone is 2. The van der Waals surface area contributed by atoms with E-state index in [9.17, 15) is 0 Å². The van der Waals surface area contributed by atoms with Crippen LogP contribution in [0.2, 0.25) is 0 Å². The molecule has 2 aromatic rings. The minimum Gasteiger partial charge on any atom is -0.0888 e. The van der Waals surface area contributed by atoms with Crippen LogP contribution in [0.25, 0.3) is 11.1 Å². The van der Waals surface area contributed by atoms with Gasteiger partial charge < -0.3 is 0 Å². The largest absolute Gasteiger partial charge is 0.0888 e. The maximum absolute atomic E-state index is 2.30. The summed E-state index contributed by atoms with van der Waals surface area (Å²) in [7, 11) is 0. The van der Waals surface area contributed by atoms with Crippen LogP contribution in [0.5, 0.6) is 0 Å². The lowest BCUT2D eigenvalue weighted by atomic mass is 10.0. The van der Waals surface area contributed by atoms with Crippen LogP contribution in [0, 0.1) is 0 Å². The molecule has 20 heavy (non-hydrogen) atoms. The Balaban J connectivity index is 1.82. The third-order valence-electron chi connectivity index (χ3n) is 3.55. The van der Waals surface area contributed by atoms with E-state index < -0.39 is 0 Å². The molecule has 0 aromatic heterocycles. The second-order valence-corrected chi connectivity index (χ2v) is 5.19. The van der Waals surface area contributed by atoms with Gasteiger partial charge in [-0.3, -0.25) is 0 Å². The Morgan fingerprint density at radius 1 is 0.750 bits per heavy atom. The number of hydrogen-bond acceptors (Lipinski definition) is 0. The van der Waals surface area contributed by atoms with Crippen molar-refractivity contribution in [3.8, 4) is 11.1 Å². The molecule has 0 amide bonds. The van der Waals surface area contributed by atoms with Crippen LogP contribution in [0.1, 0.15) is 38.2 Å². The van der Waals surface area contributed by atoms with Crippen LogP contribution in [0.15, 0.2) is 66.7 Å². The molecule has 0 aliphatic rings. The lowest BCUT2D eigenvalue weighted by Crippen LogP contribution is -1.86. The van der Waals surface area contributed by atoms with Crippen molar-refractivity contribution >= 4 is 0 Å². The first kappa shape index (κ1) is 14.6. The van der Waals surface area contributed by atoms with Gasteiger partial charge >= 0.3 is 0 Å². The Kier molecular flexibility index (Phi) is 6.10. The molecule has 0 aliphatic heterocycles. The highest BCUT2D eigenvalue weighted by molar-refractivity contribution is 5.63. The third-order valence-corrected chi connectivity index (χ3v) is 3.55. The highest BCUT2D eigenvalue weighted by Gasteiger charge is 1.97. The Hall–Kier alpha value is -1.82. The smallest absolute Gasteiger partial charge is 0.0184 e. The number of rotatable bonds is 7. The lowest BCUT2D eigenvalue weighted by molar-refractivity contribution is 0.746. The number of aryl methyl sites for hydroxylation is 1. The maximum Gasteiger partial charge on any atom is -0.0184 e. The Bertz CT molecular complexity index is 505. The molecule has 0 heteroatoms. The summed E-state index contributed by atoms with van der Waals surface area (Å²) in [5, 5.41) is 0. The zero-order chi connectivity index (χ0) is 14.0. The first-order valence-corrected chi connectivity index (χ1v) is 7.69. The molecule has 0 spiro atoms. The fraction of sp³-hybridized carbons (Fsp3) is 0.300. The van der Waals surface area contributed by atoms with Crippen LogP contribution < -0.4 is 0 Å². The second-order valence-electron chi connectivity index (χ2n) is 5.19. The molecule has 0 nitrogen and oxygen atoms in total. The average Bonchev–Trinajstić information content (AvgIpc) is 2.52. The van der Waals surface area contributed by atoms with Gasteiger partial charge in [0.25, 0.3) is 0 Å². The van der Waals surface area contributed by atoms with Crippen LogP contribution in [-0.4, -0.2) is 0 Å². The average molecular weight is 264 g/mol. The molecular weight excluding hydrogens is 240 g/mol. The minimum absolute atomic E-state index is 1.15. The van der Waals surface area contributed by atoms with Crippen molar-refractivity contribution in [1.82, 2.24) is 0 Å². The normalized spacial score (nSPS) is 11.1. The summed E-state index contributed by atoms with van der Waals surface area (Å²) in [6.45, 7) is 2.19. The Labute approximate surface area is 123 Å². The van der Waals surface area contributed by atoms with Gasteiger partial charge in [0.05, 0.1) is 0 Å². The summed E-state index contributed by atoms with van der Waals surface area (Å²) in [5.74, 6) is 0. The molecule has 0 saturated heterocycles. The van der Waals surface area contributed by atoms with Gasteiger partial charge in [-0.25, -0.2) is 0 Å². The molecule has 0 N–H and O–H groups in total. The number of hydrogen-bond donors (Lipinski definition) is 0. The highest BCUT2D eigenvalue weighted by Crippen LogP contribution is 2.19. The van der Waals surface area contributed by atoms with E-state index in [2.05, 4.69) is 73.7 Å². The predicted molar refractivity (Wildman–Crippen MR) is 88.9 cm³/mol. The van der Waals surface area contributed by atoms with Gasteiger partial charge in [0.2, 0.25) is 0 Å². The first-order chi connectivity index (χ1) is 9.90. The van der Waals surface area contributed by atoms with Crippen molar-refractivity contribution in [2.24, 2.45) is 0 Å². The van der Waals surface area contributed by atoms with Gasteiger partial charge in [-0.05, 0) is 48.8 Å². The molecule has 0 heterocycles. The van der Waals surface area contributed by atoms with E-state index >= 15 is 0 Å². The lowest BCUT2D eigenvalue weighted by Gasteiger charge is -2.04. The molecule has 104 valence electrons. The van der Waals surface area contributed by atoms with Crippen molar-refractivity contribution in [3.63, 3.8) is 0 Å². The maximum atomic E-state index is 2.30. The molecule has 0 atom stereocenters. The summed E-state index contributed by atoms with van der Waals surface area (Å²) in [6.07, 6.45) is 10.7.